The number of halogens is 1. The van der Waals surface area contributed by atoms with E-state index in [1.54, 1.807) is 30.6 Å². The van der Waals surface area contributed by atoms with Gasteiger partial charge < -0.3 is 19.5 Å². The van der Waals surface area contributed by atoms with Crippen LogP contribution in [-0.4, -0.2) is 56.9 Å². The van der Waals surface area contributed by atoms with Crippen molar-refractivity contribution in [2.75, 3.05) is 31.1 Å². The predicted molar refractivity (Wildman–Crippen MR) is 150 cm³/mol. The number of piperazine rings is 1. The summed E-state index contributed by atoms with van der Waals surface area (Å²) in [6, 6.07) is 20.1. The van der Waals surface area contributed by atoms with E-state index < -0.39 is 0 Å². The van der Waals surface area contributed by atoms with Crippen molar-refractivity contribution in [3.05, 3.63) is 106 Å². The van der Waals surface area contributed by atoms with Crippen molar-refractivity contribution >= 4 is 34.4 Å². The fourth-order valence-electron chi connectivity index (χ4n) is 4.70. The first-order valence-corrected chi connectivity index (χ1v) is 13.0. The monoisotopic (exact) mass is 540 g/mol. The van der Waals surface area contributed by atoms with Gasteiger partial charge >= 0.3 is 0 Å². The lowest BCUT2D eigenvalue weighted by Crippen LogP contribution is -2.49. The number of aromatic amines is 2. The molecule has 2 aromatic heterocycles. The van der Waals surface area contributed by atoms with Crippen molar-refractivity contribution in [1.82, 2.24) is 24.8 Å². The Morgan fingerprint density at radius 2 is 1.85 bits per heavy atom. The second-order valence-electron chi connectivity index (χ2n) is 9.25. The topological polar surface area (TPSA) is 107 Å². The number of hydrogen-bond acceptors (Lipinski definition) is 6. The Hall–Kier alpha value is -4.63. The van der Waals surface area contributed by atoms with Crippen LogP contribution in [0.4, 0.5) is 5.95 Å². The van der Waals surface area contributed by atoms with E-state index in [9.17, 15) is 9.59 Å². The molecule has 0 saturated carbocycles. The second-order valence-corrected chi connectivity index (χ2v) is 9.69. The zero-order valence-electron chi connectivity index (χ0n) is 20.9. The van der Waals surface area contributed by atoms with Crippen LogP contribution in [0.25, 0.3) is 22.3 Å². The maximum atomic E-state index is 13.5. The molecule has 2 N–H and O–H groups in total. The number of nitrogens with one attached hydrogen (secondary N) is 2. The van der Waals surface area contributed by atoms with Gasteiger partial charge in [-0.15, -0.1) is 0 Å². The molecule has 1 aliphatic rings. The Bertz CT molecular complexity index is 1690. The van der Waals surface area contributed by atoms with Crippen LogP contribution in [0, 0.1) is 0 Å². The summed E-state index contributed by atoms with van der Waals surface area (Å²) in [6.07, 6.45) is 3.39. The number of para-hydroxylation sites is 1. The number of hydrogen-bond donors (Lipinski definition) is 2. The van der Waals surface area contributed by atoms with Crippen LogP contribution < -0.4 is 15.2 Å². The minimum absolute atomic E-state index is 0.0798. The summed E-state index contributed by atoms with van der Waals surface area (Å²) in [6.45, 7) is 2.43. The van der Waals surface area contributed by atoms with E-state index in [1.807, 2.05) is 58.3 Å². The molecule has 3 aromatic carbocycles. The fourth-order valence-corrected chi connectivity index (χ4v) is 4.91. The Morgan fingerprint density at radius 1 is 1.00 bits per heavy atom. The lowest BCUT2D eigenvalue weighted by atomic mass is 10.1. The molecule has 10 heteroatoms. The van der Waals surface area contributed by atoms with Gasteiger partial charge in [-0.05, 0) is 48.0 Å². The zero-order chi connectivity index (χ0) is 26.8. The highest BCUT2D eigenvalue weighted by Crippen LogP contribution is 2.30. The van der Waals surface area contributed by atoms with Crippen LogP contribution in [0.15, 0.2) is 83.9 Å². The van der Waals surface area contributed by atoms with E-state index in [-0.39, 0.29) is 11.5 Å². The number of imidazole rings is 1. The molecule has 0 unspecified atom stereocenters. The average Bonchev–Trinajstić information content (AvgIpc) is 3.51. The number of carbonyl (C=O) groups excluding carboxylic acids is 1. The van der Waals surface area contributed by atoms with Crippen molar-refractivity contribution in [2.45, 2.75) is 6.61 Å². The molecule has 0 radical (unpaired) electrons. The highest BCUT2D eigenvalue weighted by Gasteiger charge is 2.25. The third kappa shape index (κ3) is 5.21. The van der Waals surface area contributed by atoms with Crippen LogP contribution in [0.5, 0.6) is 5.75 Å². The van der Waals surface area contributed by atoms with E-state index in [2.05, 4.69) is 19.9 Å². The number of fused-ring (bicyclic) bond motifs is 1. The summed E-state index contributed by atoms with van der Waals surface area (Å²) in [5.74, 6) is 1.66. The number of nitrogens with zero attached hydrogens (tertiary/aromatic N) is 4. The van der Waals surface area contributed by atoms with Gasteiger partial charge in [0.2, 0.25) is 5.95 Å². The molecule has 1 aliphatic heterocycles. The van der Waals surface area contributed by atoms with Crippen molar-refractivity contribution in [1.29, 1.82) is 0 Å². The van der Waals surface area contributed by atoms with Gasteiger partial charge in [0.25, 0.3) is 11.5 Å². The zero-order valence-corrected chi connectivity index (χ0v) is 21.7. The molecule has 1 fully saturated rings. The lowest BCUT2D eigenvalue weighted by Gasteiger charge is -2.35. The maximum Gasteiger partial charge on any atom is 0.260 e. The van der Waals surface area contributed by atoms with Gasteiger partial charge in [-0.2, -0.15) is 0 Å². The largest absolute Gasteiger partial charge is 0.488 e. The summed E-state index contributed by atoms with van der Waals surface area (Å²) in [5, 5.41) is 1.20. The van der Waals surface area contributed by atoms with Gasteiger partial charge in [0.15, 0.2) is 0 Å². The highest BCUT2D eigenvalue weighted by molar-refractivity contribution is 6.30. The summed E-state index contributed by atoms with van der Waals surface area (Å²) in [7, 11) is 0. The number of carbonyl (C=O) groups is 1. The number of aromatic nitrogens is 4. The van der Waals surface area contributed by atoms with Crippen LogP contribution in [0.3, 0.4) is 0 Å². The van der Waals surface area contributed by atoms with E-state index in [4.69, 9.17) is 16.3 Å². The number of ether oxygens (including phenoxy) is 1. The highest BCUT2D eigenvalue weighted by atomic mass is 35.5. The Labute approximate surface area is 229 Å². The second kappa shape index (κ2) is 10.6. The average molecular weight is 541 g/mol. The molecule has 1 saturated heterocycles. The minimum Gasteiger partial charge on any atom is -0.488 e. The smallest absolute Gasteiger partial charge is 0.260 e. The van der Waals surface area contributed by atoms with E-state index in [1.165, 1.54) is 0 Å². The molecule has 39 heavy (non-hydrogen) atoms. The van der Waals surface area contributed by atoms with Gasteiger partial charge in [-0.3, -0.25) is 14.6 Å². The van der Waals surface area contributed by atoms with Crippen LogP contribution in [0.1, 0.15) is 15.9 Å². The van der Waals surface area contributed by atoms with Crippen LogP contribution >= 0.6 is 11.6 Å². The molecule has 0 aliphatic carbocycles. The number of anilines is 1. The molecule has 0 bridgehead atoms. The standard InChI is InChI=1S/C29H25ClN6O3/c30-21-5-3-4-19(16-21)18-39-25-9-8-20(17-23(25)26-31-10-11-32-26)28(38)35-12-14-36(15-13-35)29-33-24-7-2-1-6-22(24)27(37)34-29/h1-11,16-17H,12-15,18H2,(H,31,32)(H,33,34,37). The third-order valence-electron chi connectivity index (χ3n) is 6.73. The number of rotatable bonds is 6. The molecule has 0 spiro atoms. The van der Waals surface area contributed by atoms with Crippen molar-refractivity contribution in [3.63, 3.8) is 0 Å². The minimum atomic E-state index is -0.169. The molecule has 1 amide bonds. The van der Waals surface area contributed by atoms with Crippen LogP contribution in [0.2, 0.25) is 5.02 Å². The summed E-state index contributed by atoms with van der Waals surface area (Å²) >= 11 is 6.11. The van der Waals surface area contributed by atoms with Crippen LogP contribution in [-0.2, 0) is 6.61 Å². The molecule has 0 atom stereocenters. The molecule has 6 rings (SSSR count). The lowest BCUT2D eigenvalue weighted by molar-refractivity contribution is 0.0746. The molecule has 5 aromatic rings. The van der Waals surface area contributed by atoms with Gasteiger partial charge in [0.1, 0.15) is 18.2 Å². The van der Waals surface area contributed by atoms with Crippen molar-refractivity contribution in [2.24, 2.45) is 0 Å². The number of amides is 1. The molecule has 9 nitrogen and oxygen atoms in total. The Balaban J connectivity index is 1.18. The number of H-pyrrole nitrogens is 2. The summed E-state index contributed by atoms with van der Waals surface area (Å²) in [5.41, 5.74) is 2.66. The summed E-state index contributed by atoms with van der Waals surface area (Å²) in [4.78, 5) is 44.7. The maximum absolute atomic E-state index is 13.5. The molecule has 3 heterocycles. The van der Waals surface area contributed by atoms with Gasteiger partial charge in [0, 0.05) is 49.2 Å². The van der Waals surface area contributed by atoms with E-state index in [0.29, 0.717) is 77.4 Å². The van der Waals surface area contributed by atoms with E-state index >= 15 is 0 Å². The van der Waals surface area contributed by atoms with Crippen molar-refractivity contribution in [3.8, 4) is 17.1 Å². The Morgan fingerprint density at radius 3 is 2.64 bits per heavy atom. The first-order chi connectivity index (χ1) is 19.0. The molecule has 196 valence electrons. The van der Waals surface area contributed by atoms with Gasteiger partial charge in [-0.1, -0.05) is 35.9 Å². The third-order valence-corrected chi connectivity index (χ3v) is 6.97. The Kier molecular flexibility index (Phi) is 6.73. The predicted octanol–water partition coefficient (Wildman–Crippen LogP) is 4.51. The first kappa shape index (κ1) is 24.7. The fraction of sp³-hybridized carbons (Fsp3) is 0.172. The normalized spacial score (nSPS) is 13.6. The SMILES string of the molecule is O=C(c1ccc(OCc2cccc(Cl)c2)c(-c2ncc[nH]2)c1)N1CCN(c2nc3ccccc3c(=O)[nH]2)CC1. The van der Waals surface area contributed by atoms with Gasteiger partial charge in [0.05, 0.1) is 16.5 Å². The number of benzene rings is 3. The van der Waals surface area contributed by atoms with Gasteiger partial charge in [-0.25, -0.2) is 9.97 Å². The quantitative estimate of drug-likeness (QED) is 0.328. The molecular weight excluding hydrogens is 516 g/mol. The van der Waals surface area contributed by atoms with Crippen molar-refractivity contribution < 1.29 is 9.53 Å². The summed E-state index contributed by atoms with van der Waals surface area (Å²) < 4.78 is 6.10. The first-order valence-electron chi connectivity index (χ1n) is 12.6. The molecular formula is C29H25ClN6O3. The van der Waals surface area contributed by atoms with E-state index in [0.717, 1.165) is 5.56 Å².